The molecule has 0 saturated carbocycles. The summed E-state index contributed by atoms with van der Waals surface area (Å²) < 4.78 is 0. The van der Waals surface area contributed by atoms with Gasteiger partial charge >= 0.3 is 0 Å². The molecule has 3 nitrogen and oxygen atoms in total. The molecule has 0 radical (unpaired) electrons. The summed E-state index contributed by atoms with van der Waals surface area (Å²) in [5.74, 6) is 0.950. The molecule has 23 heavy (non-hydrogen) atoms. The molecule has 2 N–H and O–H groups in total. The van der Waals surface area contributed by atoms with Gasteiger partial charge in [0.15, 0.2) is 0 Å². The summed E-state index contributed by atoms with van der Waals surface area (Å²) in [6.45, 7) is 1.57. The lowest BCUT2D eigenvalue weighted by molar-refractivity contribution is -0.872. The highest BCUT2D eigenvalue weighted by molar-refractivity contribution is 7.97. The SMILES string of the molecule is CSCc1ccc(C(=O)NCc2ccc(C[NH+](C)C)cc2)cc1. The number of carbonyl (C=O) groups is 1. The van der Waals surface area contributed by atoms with Gasteiger partial charge in [0.05, 0.1) is 14.1 Å². The first-order chi connectivity index (χ1) is 11.1. The Labute approximate surface area is 143 Å². The van der Waals surface area contributed by atoms with Crippen LogP contribution in [0.5, 0.6) is 0 Å². The Morgan fingerprint density at radius 1 is 0.957 bits per heavy atom. The van der Waals surface area contributed by atoms with Crippen LogP contribution in [0, 0.1) is 0 Å². The maximum absolute atomic E-state index is 12.2. The van der Waals surface area contributed by atoms with E-state index >= 15 is 0 Å². The van der Waals surface area contributed by atoms with Crippen molar-refractivity contribution in [2.24, 2.45) is 0 Å². The van der Waals surface area contributed by atoms with E-state index in [4.69, 9.17) is 0 Å². The fraction of sp³-hybridized carbons (Fsp3) is 0.316. The van der Waals surface area contributed by atoms with Crippen molar-refractivity contribution in [3.05, 3.63) is 70.8 Å². The van der Waals surface area contributed by atoms with E-state index in [0.717, 1.165) is 17.9 Å². The molecule has 2 aromatic rings. The minimum Gasteiger partial charge on any atom is -0.348 e. The highest BCUT2D eigenvalue weighted by atomic mass is 32.2. The van der Waals surface area contributed by atoms with E-state index in [0.29, 0.717) is 12.1 Å². The maximum atomic E-state index is 12.2. The summed E-state index contributed by atoms with van der Waals surface area (Å²) in [5.41, 5.74) is 4.38. The fourth-order valence-electron chi connectivity index (χ4n) is 2.39. The third kappa shape index (κ3) is 5.73. The van der Waals surface area contributed by atoms with Gasteiger partial charge in [-0.25, -0.2) is 0 Å². The molecule has 0 spiro atoms. The van der Waals surface area contributed by atoms with Gasteiger partial charge in [-0.05, 0) is 29.5 Å². The molecule has 0 heterocycles. The molecule has 2 rings (SSSR count). The highest BCUT2D eigenvalue weighted by Crippen LogP contribution is 2.11. The molecule has 4 heteroatoms. The normalized spacial score (nSPS) is 10.8. The van der Waals surface area contributed by atoms with E-state index < -0.39 is 0 Å². The van der Waals surface area contributed by atoms with Crippen LogP contribution in [0.3, 0.4) is 0 Å². The molecule has 0 bridgehead atoms. The first-order valence-electron chi connectivity index (χ1n) is 7.81. The molecular formula is C19H25N2OS+. The molecule has 0 atom stereocenters. The van der Waals surface area contributed by atoms with Gasteiger partial charge in [-0.3, -0.25) is 4.79 Å². The fourth-order valence-corrected chi connectivity index (χ4v) is 2.91. The van der Waals surface area contributed by atoms with Crippen molar-refractivity contribution in [3.63, 3.8) is 0 Å². The van der Waals surface area contributed by atoms with Crippen molar-refractivity contribution in [2.75, 3.05) is 20.4 Å². The second-order valence-electron chi connectivity index (χ2n) is 6.01. The average molecular weight is 329 g/mol. The summed E-state index contributed by atoms with van der Waals surface area (Å²) in [4.78, 5) is 13.6. The number of hydrogen-bond acceptors (Lipinski definition) is 2. The molecule has 0 saturated heterocycles. The van der Waals surface area contributed by atoms with Crippen LogP contribution in [-0.2, 0) is 18.8 Å². The third-order valence-electron chi connectivity index (χ3n) is 3.56. The van der Waals surface area contributed by atoms with E-state index in [-0.39, 0.29) is 5.91 Å². The summed E-state index contributed by atoms with van der Waals surface area (Å²) in [6, 6.07) is 16.2. The van der Waals surface area contributed by atoms with Crippen LogP contribution in [-0.4, -0.2) is 26.3 Å². The monoisotopic (exact) mass is 329 g/mol. The number of benzene rings is 2. The van der Waals surface area contributed by atoms with Crippen LogP contribution < -0.4 is 10.2 Å². The average Bonchev–Trinajstić information content (AvgIpc) is 2.54. The van der Waals surface area contributed by atoms with Crippen LogP contribution in [0.15, 0.2) is 48.5 Å². The predicted octanol–water partition coefficient (Wildman–Crippen LogP) is 2.12. The molecule has 0 fully saturated rings. The van der Waals surface area contributed by atoms with Crippen LogP contribution >= 0.6 is 11.8 Å². The van der Waals surface area contributed by atoms with Crippen LogP contribution in [0.4, 0.5) is 0 Å². The van der Waals surface area contributed by atoms with Gasteiger partial charge in [-0.2, -0.15) is 11.8 Å². The van der Waals surface area contributed by atoms with E-state index in [1.165, 1.54) is 16.0 Å². The number of hydrogen-bond donors (Lipinski definition) is 2. The molecule has 0 aromatic heterocycles. The van der Waals surface area contributed by atoms with Crippen molar-refractivity contribution in [3.8, 4) is 0 Å². The number of carbonyl (C=O) groups excluding carboxylic acids is 1. The summed E-state index contributed by atoms with van der Waals surface area (Å²) in [6.07, 6.45) is 2.08. The van der Waals surface area contributed by atoms with Gasteiger partial charge in [0.1, 0.15) is 6.54 Å². The van der Waals surface area contributed by atoms with Gasteiger partial charge in [0.25, 0.3) is 5.91 Å². The lowest BCUT2D eigenvalue weighted by atomic mass is 10.1. The van der Waals surface area contributed by atoms with E-state index in [1.54, 1.807) is 11.8 Å². The van der Waals surface area contributed by atoms with Gasteiger partial charge in [-0.1, -0.05) is 36.4 Å². The smallest absolute Gasteiger partial charge is 0.251 e. The first kappa shape index (κ1) is 17.6. The molecular weight excluding hydrogens is 304 g/mol. The Morgan fingerprint density at radius 2 is 1.52 bits per heavy atom. The zero-order valence-corrected chi connectivity index (χ0v) is 14.9. The van der Waals surface area contributed by atoms with Crippen LogP contribution in [0.1, 0.15) is 27.0 Å². The summed E-state index contributed by atoms with van der Waals surface area (Å²) in [5, 5.41) is 2.98. The van der Waals surface area contributed by atoms with Gasteiger partial charge in [0, 0.05) is 23.4 Å². The minimum absolute atomic E-state index is 0.0254. The topological polar surface area (TPSA) is 33.5 Å². The Kier molecular flexibility index (Phi) is 6.68. The zero-order chi connectivity index (χ0) is 16.7. The van der Waals surface area contributed by atoms with Crippen LogP contribution in [0.2, 0.25) is 0 Å². The zero-order valence-electron chi connectivity index (χ0n) is 14.1. The van der Waals surface area contributed by atoms with Crippen molar-refractivity contribution in [1.82, 2.24) is 5.32 Å². The largest absolute Gasteiger partial charge is 0.348 e. The number of amides is 1. The van der Waals surface area contributed by atoms with E-state index in [1.807, 2.05) is 24.3 Å². The molecule has 0 aliphatic rings. The Bertz CT molecular complexity index is 621. The van der Waals surface area contributed by atoms with Crippen molar-refractivity contribution in [1.29, 1.82) is 0 Å². The number of thioether (sulfide) groups is 1. The summed E-state index contributed by atoms with van der Waals surface area (Å²) >= 11 is 1.78. The standard InChI is InChI=1S/C19H24N2OS/c1-21(2)13-16-6-4-15(5-7-16)12-20-19(22)18-10-8-17(9-11-18)14-23-3/h4-11H,12-14H2,1-3H3,(H,20,22)/p+1. The van der Waals surface area contributed by atoms with Crippen LogP contribution in [0.25, 0.3) is 0 Å². The van der Waals surface area contributed by atoms with Crippen molar-refractivity contribution in [2.45, 2.75) is 18.8 Å². The van der Waals surface area contributed by atoms with E-state index in [2.05, 4.69) is 49.9 Å². The second-order valence-corrected chi connectivity index (χ2v) is 6.88. The molecule has 0 unspecified atom stereocenters. The molecule has 2 aromatic carbocycles. The molecule has 0 aliphatic heterocycles. The number of nitrogens with one attached hydrogen (secondary N) is 2. The Morgan fingerprint density at radius 3 is 2.09 bits per heavy atom. The van der Waals surface area contributed by atoms with Crippen molar-refractivity contribution < 1.29 is 9.69 Å². The van der Waals surface area contributed by atoms with Crippen molar-refractivity contribution >= 4 is 17.7 Å². The molecule has 1 amide bonds. The minimum atomic E-state index is -0.0254. The van der Waals surface area contributed by atoms with Gasteiger partial charge in [0.2, 0.25) is 0 Å². The Balaban J connectivity index is 1.88. The lowest BCUT2D eigenvalue weighted by Gasteiger charge is -2.09. The maximum Gasteiger partial charge on any atom is 0.251 e. The highest BCUT2D eigenvalue weighted by Gasteiger charge is 2.05. The lowest BCUT2D eigenvalue weighted by Crippen LogP contribution is -3.04. The Hall–Kier alpha value is -1.78. The summed E-state index contributed by atoms with van der Waals surface area (Å²) in [7, 11) is 4.28. The van der Waals surface area contributed by atoms with Gasteiger partial charge in [-0.15, -0.1) is 0 Å². The predicted molar refractivity (Wildman–Crippen MR) is 97.8 cm³/mol. The molecule has 0 aliphatic carbocycles. The number of quaternary nitrogens is 1. The quantitative estimate of drug-likeness (QED) is 0.816. The number of rotatable bonds is 7. The van der Waals surface area contributed by atoms with Gasteiger partial charge < -0.3 is 10.2 Å². The first-order valence-corrected chi connectivity index (χ1v) is 9.21. The second kappa shape index (κ2) is 8.75. The third-order valence-corrected chi connectivity index (χ3v) is 4.18. The van der Waals surface area contributed by atoms with E-state index in [9.17, 15) is 4.79 Å². The molecule has 122 valence electrons.